The van der Waals surface area contributed by atoms with Gasteiger partial charge in [-0.1, -0.05) is 31.5 Å². The minimum Gasteiger partial charge on any atom is -0.444 e. The molecule has 0 bridgehead atoms. The minimum atomic E-state index is -0.854. The SMILES string of the molecule is CCCCN(C(=O)C(C)NC(=O)OC(C)(C)C)C(C(=O)NC(C)(C)C)c1ccc(C)c(C)c1. The molecule has 0 fully saturated rings. The smallest absolute Gasteiger partial charge is 0.408 e. The van der Waals surface area contributed by atoms with E-state index in [1.54, 1.807) is 32.6 Å². The average Bonchev–Trinajstić information content (AvgIpc) is 2.63. The number of amides is 3. The molecule has 1 aromatic rings. The summed E-state index contributed by atoms with van der Waals surface area (Å²) in [6, 6.07) is 4.15. The van der Waals surface area contributed by atoms with E-state index in [-0.39, 0.29) is 11.8 Å². The Morgan fingerprint density at radius 1 is 1.03 bits per heavy atom. The number of benzene rings is 1. The molecule has 0 radical (unpaired) electrons. The summed E-state index contributed by atoms with van der Waals surface area (Å²) in [4.78, 5) is 40.9. The van der Waals surface area contributed by atoms with Gasteiger partial charge in [0.15, 0.2) is 0 Å². The molecule has 0 aliphatic heterocycles. The quantitative estimate of drug-likeness (QED) is 0.582. The Kier molecular flexibility index (Phi) is 9.94. The van der Waals surface area contributed by atoms with Gasteiger partial charge in [0.1, 0.15) is 17.7 Å². The van der Waals surface area contributed by atoms with Crippen molar-refractivity contribution in [3.63, 3.8) is 0 Å². The van der Waals surface area contributed by atoms with Crippen molar-refractivity contribution in [2.24, 2.45) is 0 Å². The molecule has 0 saturated heterocycles. The second-order valence-corrected chi connectivity index (χ2v) is 10.7. The number of carbonyl (C=O) groups excluding carboxylic acids is 3. The van der Waals surface area contributed by atoms with Gasteiger partial charge in [0.05, 0.1) is 0 Å². The number of ether oxygens (including phenoxy) is 1. The van der Waals surface area contributed by atoms with Crippen molar-refractivity contribution < 1.29 is 19.1 Å². The van der Waals surface area contributed by atoms with Gasteiger partial charge in [-0.25, -0.2) is 4.79 Å². The summed E-state index contributed by atoms with van der Waals surface area (Å²) < 4.78 is 5.31. The monoisotopic (exact) mass is 461 g/mol. The lowest BCUT2D eigenvalue weighted by Crippen LogP contribution is -2.54. The average molecular weight is 462 g/mol. The molecule has 0 heterocycles. The summed E-state index contributed by atoms with van der Waals surface area (Å²) in [5.74, 6) is -0.582. The number of aryl methyl sites for hydroxylation is 2. The molecule has 33 heavy (non-hydrogen) atoms. The lowest BCUT2D eigenvalue weighted by Gasteiger charge is -2.35. The third-order valence-electron chi connectivity index (χ3n) is 5.04. The lowest BCUT2D eigenvalue weighted by atomic mass is 9.97. The predicted molar refractivity (Wildman–Crippen MR) is 132 cm³/mol. The highest BCUT2D eigenvalue weighted by Crippen LogP contribution is 2.26. The molecule has 7 nitrogen and oxygen atoms in total. The highest BCUT2D eigenvalue weighted by atomic mass is 16.6. The summed E-state index contributed by atoms with van der Waals surface area (Å²) in [6.07, 6.45) is 0.924. The fourth-order valence-electron chi connectivity index (χ4n) is 3.34. The Bertz CT molecular complexity index is 837. The maximum absolute atomic E-state index is 13.6. The maximum atomic E-state index is 13.6. The van der Waals surface area contributed by atoms with E-state index in [9.17, 15) is 14.4 Å². The molecule has 186 valence electrons. The molecule has 7 heteroatoms. The first-order chi connectivity index (χ1) is 15.1. The molecule has 1 rings (SSSR count). The van der Waals surface area contributed by atoms with Gasteiger partial charge in [-0.2, -0.15) is 0 Å². The van der Waals surface area contributed by atoms with Crippen molar-refractivity contribution in [1.82, 2.24) is 15.5 Å². The van der Waals surface area contributed by atoms with Crippen molar-refractivity contribution in [1.29, 1.82) is 0 Å². The van der Waals surface area contributed by atoms with E-state index in [1.165, 1.54) is 0 Å². The molecule has 3 amide bonds. The van der Waals surface area contributed by atoms with Crippen LogP contribution < -0.4 is 10.6 Å². The van der Waals surface area contributed by atoms with E-state index in [0.717, 1.165) is 29.5 Å². The number of hydrogen-bond donors (Lipinski definition) is 2. The van der Waals surface area contributed by atoms with Gasteiger partial charge in [0, 0.05) is 12.1 Å². The molecule has 1 aromatic carbocycles. The van der Waals surface area contributed by atoms with Crippen LogP contribution in [-0.2, 0) is 14.3 Å². The molecule has 0 aromatic heterocycles. The lowest BCUT2D eigenvalue weighted by molar-refractivity contribution is -0.142. The summed E-state index contributed by atoms with van der Waals surface area (Å²) in [7, 11) is 0. The molecule has 0 aliphatic rings. The number of unbranched alkanes of at least 4 members (excludes halogenated alkanes) is 1. The van der Waals surface area contributed by atoms with Crippen LogP contribution in [0.4, 0.5) is 4.79 Å². The van der Waals surface area contributed by atoms with E-state index in [1.807, 2.05) is 59.7 Å². The van der Waals surface area contributed by atoms with Crippen molar-refractivity contribution >= 4 is 17.9 Å². The number of nitrogens with zero attached hydrogens (tertiary/aromatic N) is 1. The largest absolute Gasteiger partial charge is 0.444 e. The van der Waals surface area contributed by atoms with Crippen LogP contribution in [0.2, 0.25) is 0 Å². The van der Waals surface area contributed by atoms with Gasteiger partial charge in [-0.15, -0.1) is 0 Å². The number of alkyl carbamates (subject to hydrolysis) is 1. The van der Waals surface area contributed by atoms with Crippen LogP contribution in [0.5, 0.6) is 0 Å². The van der Waals surface area contributed by atoms with Gasteiger partial charge in [0.2, 0.25) is 11.8 Å². The fourth-order valence-corrected chi connectivity index (χ4v) is 3.34. The van der Waals surface area contributed by atoms with Crippen molar-refractivity contribution in [3.8, 4) is 0 Å². The zero-order chi connectivity index (χ0) is 25.6. The minimum absolute atomic E-state index is 0.250. The first kappa shape index (κ1) is 28.5. The molecule has 0 saturated carbocycles. The number of carbonyl (C=O) groups is 3. The summed E-state index contributed by atoms with van der Waals surface area (Å²) in [5.41, 5.74) is 1.76. The molecular formula is C26H43N3O4. The van der Waals surface area contributed by atoms with E-state index >= 15 is 0 Å². The number of hydrogen-bond acceptors (Lipinski definition) is 4. The Labute approximate surface area is 199 Å². The van der Waals surface area contributed by atoms with E-state index in [4.69, 9.17) is 4.74 Å². The Morgan fingerprint density at radius 3 is 2.12 bits per heavy atom. The second-order valence-electron chi connectivity index (χ2n) is 10.7. The van der Waals surface area contributed by atoms with Crippen LogP contribution in [0.1, 0.15) is 91.0 Å². The summed E-state index contributed by atoms with van der Waals surface area (Å²) in [6.45, 7) is 19.1. The highest BCUT2D eigenvalue weighted by Gasteiger charge is 2.35. The third-order valence-corrected chi connectivity index (χ3v) is 5.04. The van der Waals surface area contributed by atoms with Crippen LogP contribution in [0.25, 0.3) is 0 Å². The molecular weight excluding hydrogens is 418 g/mol. The zero-order valence-corrected chi connectivity index (χ0v) is 22.1. The topological polar surface area (TPSA) is 87.7 Å². The van der Waals surface area contributed by atoms with Gasteiger partial charge < -0.3 is 20.3 Å². The van der Waals surface area contributed by atoms with Gasteiger partial charge >= 0.3 is 6.09 Å². The van der Waals surface area contributed by atoms with Crippen molar-refractivity contribution in [2.45, 2.75) is 105 Å². The van der Waals surface area contributed by atoms with Crippen LogP contribution in [-0.4, -0.2) is 46.5 Å². The van der Waals surface area contributed by atoms with E-state index < -0.39 is 29.3 Å². The first-order valence-corrected chi connectivity index (χ1v) is 11.7. The molecule has 2 N–H and O–H groups in total. The zero-order valence-electron chi connectivity index (χ0n) is 22.1. The predicted octanol–water partition coefficient (Wildman–Crippen LogP) is 4.80. The Morgan fingerprint density at radius 2 is 1.64 bits per heavy atom. The third kappa shape index (κ3) is 9.44. The molecule has 2 unspecified atom stereocenters. The first-order valence-electron chi connectivity index (χ1n) is 11.7. The molecule has 0 aliphatic carbocycles. The van der Waals surface area contributed by atoms with Crippen LogP contribution in [0.15, 0.2) is 18.2 Å². The van der Waals surface area contributed by atoms with Crippen LogP contribution in [0.3, 0.4) is 0 Å². The van der Waals surface area contributed by atoms with Crippen LogP contribution >= 0.6 is 0 Å². The van der Waals surface area contributed by atoms with Gasteiger partial charge in [0.25, 0.3) is 0 Å². The van der Waals surface area contributed by atoms with Crippen LogP contribution in [0, 0.1) is 13.8 Å². The van der Waals surface area contributed by atoms with Crippen molar-refractivity contribution in [3.05, 3.63) is 34.9 Å². The summed E-state index contributed by atoms with van der Waals surface area (Å²) >= 11 is 0. The Hall–Kier alpha value is -2.57. The van der Waals surface area contributed by atoms with Gasteiger partial charge in [-0.3, -0.25) is 9.59 Å². The number of rotatable bonds is 8. The van der Waals surface area contributed by atoms with E-state index in [0.29, 0.717) is 6.54 Å². The number of nitrogens with one attached hydrogen (secondary N) is 2. The van der Waals surface area contributed by atoms with E-state index in [2.05, 4.69) is 10.6 Å². The second kappa shape index (κ2) is 11.5. The van der Waals surface area contributed by atoms with Crippen molar-refractivity contribution in [2.75, 3.05) is 6.54 Å². The van der Waals surface area contributed by atoms with Gasteiger partial charge in [-0.05, 0) is 85.4 Å². The summed E-state index contributed by atoms with van der Waals surface area (Å²) in [5, 5.41) is 5.65. The fraction of sp³-hybridized carbons (Fsp3) is 0.654. The molecule has 0 spiro atoms. The highest BCUT2D eigenvalue weighted by molar-refractivity contribution is 5.92. The standard InChI is InChI=1S/C26H43N3O4/c1-11-12-15-29(23(31)19(4)27-24(32)33-26(8,9)10)21(22(30)28-25(5,6)7)20-14-13-17(2)18(3)16-20/h13-14,16,19,21H,11-12,15H2,1-10H3,(H,27,32)(H,28,30). The normalized spacial score (nSPS) is 13.6. The molecule has 2 atom stereocenters. The maximum Gasteiger partial charge on any atom is 0.408 e. The Balaban J connectivity index is 3.37.